The Morgan fingerprint density at radius 2 is 2.11 bits per heavy atom. The molecule has 1 aliphatic rings. The van der Waals surface area contributed by atoms with Gasteiger partial charge >= 0.3 is 0 Å². The maximum Gasteiger partial charge on any atom is 0.191 e. The molecule has 0 radical (unpaired) electrons. The number of ether oxygens (including phenoxy) is 1. The van der Waals surface area contributed by atoms with Gasteiger partial charge in [-0.05, 0) is 64.2 Å². The first-order chi connectivity index (χ1) is 12.6. The molecule has 0 saturated heterocycles. The normalized spacial score (nSPS) is 15.1. The molecule has 0 heterocycles. The van der Waals surface area contributed by atoms with Gasteiger partial charge in [0, 0.05) is 13.1 Å². The van der Waals surface area contributed by atoms with E-state index in [-0.39, 0.29) is 30.1 Å². The summed E-state index contributed by atoms with van der Waals surface area (Å²) in [5.74, 6) is 1.52. The van der Waals surface area contributed by atoms with Crippen molar-refractivity contribution in [1.29, 1.82) is 0 Å². The fraction of sp³-hybridized carbons (Fsp3) is 0.571. The molecule has 1 aromatic carbocycles. The van der Waals surface area contributed by atoms with Crippen molar-refractivity contribution in [3.8, 4) is 5.75 Å². The average molecular weight is 487 g/mol. The lowest BCUT2D eigenvalue weighted by molar-refractivity contribution is 0.185. The van der Waals surface area contributed by atoms with Crippen molar-refractivity contribution < 1.29 is 9.84 Å². The molecular formula is C21H34IN3O2. The molecule has 1 unspecified atom stereocenters. The number of aliphatic hydroxyl groups is 1. The van der Waals surface area contributed by atoms with Crippen molar-refractivity contribution in [1.82, 2.24) is 10.6 Å². The number of halogens is 1. The van der Waals surface area contributed by atoms with Crippen molar-refractivity contribution in [3.05, 3.63) is 41.5 Å². The quantitative estimate of drug-likeness (QED) is 0.212. The van der Waals surface area contributed by atoms with E-state index in [2.05, 4.69) is 21.7 Å². The van der Waals surface area contributed by atoms with E-state index >= 15 is 0 Å². The molecule has 3 N–H and O–H groups in total. The Morgan fingerprint density at radius 3 is 2.78 bits per heavy atom. The highest BCUT2D eigenvalue weighted by Crippen LogP contribution is 2.21. The van der Waals surface area contributed by atoms with E-state index in [0.717, 1.165) is 36.8 Å². The Morgan fingerprint density at radius 1 is 1.30 bits per heavy atom. The highest BCUT2D eigenvalue weighted by atomic mass is 127. The largest absolute Gasteiger partial charge is 0.491 e. The van der Waals surface area contributed by atoms with E-state index in [1.807, 2.05) is 45.0 Å². The molecular weight excluding hydrogens is 453 g/mol. The van der Waals surface area contributed by atoms with Crippen LogP contribution in [-0.4, -0.2) is 36.8 Å². The van der Waals surface area contributed by atoms with Crippen LogP contribution < -0.4 is 15.4 Å². The predicted molar refractivity (Wildman–Crippen MR) is 123 cm³/mol. The molecule has 5 nitrogen and oxygen atoms in total. The van der Waals surface area contributed by atoms with Crippen LogP contribution in [0.3, 0.4) is 0 Å². The van der Waals surface area contributed by atoms with Gasteiger partial charge in [-0.15, -0.1) is 24.0 Å². The second kappa shape index (κ2) is 13.0. The molecule has 0 aromatic heterocycles. The fourth-order valence-electron chi connectivity index (χ4n) is 3.00. The van der Waals surface area contributed by atoms with Crippen LogP contribution in [0.4, 0.5) is 0 Å². The van der Waals surface area contributed by atoms with Gasteiger partial charge < -0.3 is 20.5 Å². The van der Waals surface area contributed by atoms with Gasteiger partial charge in [0.05, 0.1) is 18.8 Å². The molecule has 0 spiro atoms. The fourth-order valence-corrected chi connectivity index (χ4v) is 3.00. The summed E-state index contributed by atoms with van der Waals surface area (Å²) in [7, 11) is 0. The molecule has 1 aliphatic carbocycles. The minimum atomic E-state index is -0.654. The minimum absolute atomic E-state index is 0. The third-order valence-corrected chi connectivity index (χ3v) is 4.25. The minimum Gasteiger partial charge on any atom is -0.491 e. The van der Waals surface area contributed by atoms with Gasteiger partial charge in [-0.2, -0.15) is 0 Å². The van der Waals surface area contributed by atoms with Gasteiger partial charge in [-0.25, -0.2) is 0 Å². The number of hydrogen-bond donors (Lipinski definition) is 3. The Hall–Kier alpha value is -1.28. The van der Waals surface area contributed by atoms with Gasteiger partial charge in [0.25, 0.3) is 0 Å². The van der Waals surface area contributed by atoms with Gasteiger partial charge in [-0.1, -0.05) is 23.8 Å². The molecule has 0 bridgehead atoms. The molecule has 6 heteroatoms. The first-order valence-corrected chi connectivity index (χ1v) is 9.73. The topological polar surface area (TPSA) is 65.9 Å². The zero-order valence-corrected chi connectivity index (χ0v) is 19.0. The molecule has 2 rings (SSSR count). The predicted octanol–water partition coefficient (Wildman–Crippen LogP) is 4.18. The van der Waals surface area contributed by atoms with Crippen LogP contribution in [0.15, 0.2) is 40.9 Å². The first kappa shape index (κ1) is 23.8. The molecule has 0 aliphatic heterocycles. The van der Waals surface area contributed by atoms with Crippen LogP contribution in [0.5, 0.6) is 5.75 Å². The number of guanidine groups is 1. The monoisotopic (exact) mass is 487 g/mol. The number of nitrogens with zero attached hydrogens (tertiary/aromatic N) is 1. The van der Waals surface area contributed by atoms with Crippen LogP contribution in [0, 0.1) is 0 Å². The third kappa shape index (κ3) is 8.97. The van der Waals surface area contributed by atoms with Crippen LogP contribution in [0.1, 0.15) is 58.1 Å². The standard InChI is InChI=1S/C21H33N3O2.HI/c1-4-22-21(23-13-12-17-8-5-6-9-17)24-15-20(25)18-10-7-11-19(14-18)26-16(2)3;/h7-8,10-11,14,16,20,25H,4-6,9,12-13,15H2,1-3H3,(H2,22,23,24);1H. The van der Waals surface area contributed by atoms with Gasteiger partial charge in [0.2, 0.25) is 0 Å². The summed E-state index contributed by atoms with van der Waals surface area (Å²) >= 11 is 0. The Labute approximate surface area is 180 Å². The summed E-state index contributed by atoms with van der Waals surface area (Å²) in [4.78, 5) is 4.53. The highest BCUT2D eigenvalue weighted by Gasteiger charge is 2.10. The van der Waals surface area contributed by atoms with E-state index in [0.29, 0.717) is 6.54 Å². The van der Waals surface area contributed by atoms with Gasteiger partial charge in [0.1, 0.15) is 5.75 Å². The molecule has 1 atom stereocenters. The number of nitrogens with one attached hydrogen (secondary N) is 2. The molecule has 1 aromatic rings. The van der Waals surface area contributed by atoms with E-state index in [1.54, 1.807) is 0 Å². The Bertz CT molecular complexity index is 617. The van der Waals surface area contributed by atoms with E-state index < -0.39 is 6.10 Å². The van der Waals surface area contributed by atoms with Crippen LogP contribution >= 0.6 is 24.0 Å². The molecule has 0 amide bonds. The lowest BCUT2D eigenvalue weighted by Gasteiger charge is -2.15. The Kier molecular flexibility index (Phi) is 11.4. The van der Waals surface area contributed by atoms with E-state index in [9.17, 15) is 5.11 Å². The van der Waals surface area contributed by atoms with Crippen LogP contribution in [-0.2, 0) is 0 Å². The zero-order chi connectivity index (χ0) is 18.8. The summed E-state index contributed by atoms with van der Waals surface area (Å²) in [6.07, 6.45) is 6.59. The average Bonchev–Trinajstić information content (AvgIpc) is 3.12. The van der Waals surface area contributed by atoms with E-state index in [4.69, 9.17) is 4.74 Å². The number of benzene rings is 1. The lowest BCUT2D eigenvalue weighted by Crippen LogP contribution is -2.38. The van der Waals surface area contributed by atoms with Crippen molar-refractivity contribution in [3.63, 3.8) is 0 Å². The lowest BCUT2D eigenvalue weighted by atomic mass is 10.1. The summed E-state index contributed by atoms with van der Waals surface area (Å²) in [6, 6.07) is 7.59. The van der Waals surface area contributed by atoms with Gasteiger partial charge in [0.15, 0.2) is 5.96 Å². The second-order valence-corrected chi connectivity index (χ2v) is 6.91. The smallest absolute Gasteiger partial charge is 0.191 e. The number of rotatable bonds is 9. The maximum absolute atomic E-state index is 10.5. The summed E-state index contributed by atoms with van der Waals surface area (Å²) in [6.45, 7) is 7.99. The third-order valence-electron chi connectivity index (χ3n) is 4.25. The van der Waals surface area contributed by atoms with E-state index in [1.165, 1.54) is 24.8 Å². The summed E-state index contributed by atoms with van der Waals surface area (Å²) in [5, 5.41) is 17.1. The molecule has 152 valence electrons. The SMILES string of the molecule is CCNC(=NCC(O)c1cccc(OC(C)C)c1)NCCC1=CCCC1.I. The second-order valence-electron chi connectivity index (χ2n) is 6.91. The number of allylic oxidation sites excluding steroid dienone is 1. The molecule has 0 fully saturated rings. The Balaban J connectivity index is 0.00000364. The number of aliphatic hydroxyl groups excluding tert-OH is 1. The van der Waals surface area contributed by atoms with Crippen molar-refractivity contribution in [2.24, 2.45) is 4.99 Å². The number of hydrogen-bond acceptors (Lipinski definition) is 3. The summed E-state index contributed by atoms with van der Waals surface area (Å²) in [5.41, 5.74) is 2.36. The van der Waals surface area contributed by atoms with Gasteiger partial charge in [-0.3, -0.25) is 4.99 Å². The van der Waals surface area contributed by atoms with Crippen molar-refractivity contribution in [2.75, 3.05) is 19.6 Å². The zero-order valence-electron chi connectivity index (χ0n) is 16.7. The molecule has 27 heavy (non-hydrogen) atoms. The first-order valence-electron chi connectivity index (χ1n) is 9.73. The summed E-state index contributed by atoms with van der Waals surface area (Å²) < 4.78 is 5.69. The maximum atomic E-state index is 10.5. The van der Waals surface area contributed by atoms with Crippen LogP contribution in [0.2, 0.25) is 0 Å². The number of aliphatic imine (C=N–C) groups is 1. The highest BCUT2D eigenvalue weighted by molar-refractivity contribution is 14.0. The van der Waals surface area contributed by atoms with Crippen LogP contribution in [0.25, 0.3) is 0 Å². The van der Waals surface area contributed by atoms with Crippen molar-refractivity contribution in [2.45, 2.75) is 58.7 Å². The molecule has 0 saturated carbocycles. The van der Waals surface area contributed by atoms with Crippen molar-refractivity contribution >= 4 is 29.9 Å².